The first-order valence-electron chi connectivity index (χ1n) is 5.48. The lowest BCUT2D eigenvalue weighted by Crippen LogP contribution is -2.06. The third kappa shape index (κ3) is 3.84. The van der Waals surface area contributed by atoms with E-state index in [0.717, 1.165) is 25.0 Å². The summed E-state index contributed by atoms with van der Waals surface area (Å²) in [5, 5.41) is 2.90. The van der Waals surface area contributed by atoms with Crippen molar-refractivity contribution in [2.45, 2.75) is 38.4 Å². The van der Waals surface area contributed by atoms with E-state index < -0.39 is 17.8 Å². The van der Waals surface area contributed by atoms with E-state index in [2.05, 4.69) is 5.18 Å². The molecule has 0 spiro atoms. The molecule has 1 aromatic rings. The van der Waals surface area contributed by atoms with Gasteiger partial charge in [0, 0.05) is 0 Å². The van der Waals surface area contributed by atoms with Crippen LogP contribution in [-0.2, 0) is 6.18 Å². The molecular weight excluding hydrogens is 231 g/mol. The average Bonchev–Trinajstić information content (AvgIpc) is 2.29. The lowest BCUT2D eigenvalue weighted by atomic mass is 10.00. The lowest BCUT2D eigenvalue weighted by molar-refractivity contribution is -0.137. The molecular formula is C12H14F3NO. The lowest BCUT2D eigenvalue weighted by Gasteiger charge is -2.12. The Hall–Kier alpha value is -1.39. The largest absolute Gasteiger partial charge is 0.416 e. The van der Waals surface area contributed by atoms with Crippen LogP contribution < -0.4 is 0 Å². The Morgan fingerprint density at radius 1 is 1.35 bits per heavy atom. The van der Waals surface area contributed by atoms with Crippen LogP contribution in [0.5, 0.6) is 0 Å². The summed E-state index contributed by atoms with van der Waals surface area (Å²) in [6.07, 6.45) is -2.24. The van der Waals surface area contributed by atoms with Gasteiger partial charge in [0.2, 0.25) is 0 Å². The van der Waals surface area contributed by atoms with Crippen molar-refractivity contribution >= 4 is 0 Å². The molecule has 1 aromatic carbocycles. The van der Waals surface area contributed by atoms with Crippen LogP contribution in [0.15, 0.2) is 29.4 Å². The number of alkyl halides is 3. The van der Waals surface area contributed by atoms with Crippen molar-refractivity contribution in [2.24, 2.45) is 5.18 Å². The van der Waals surface area contributed by atoms with E-state index in [-0.39, 0.29) is 0 Å². The maximum Gasteiger partial charge on any atom is 0.416 e. The Kier molecular flexibility index (Phi) is 4.66. The van der Waals surface area contributed by atoms with Gasteiger partial charge in [-0.25, -0.2) is 0 Å². The van der Waals surface area contributed by atoms with Crippen LogP contribution in [0.3, 0.4) is 0 Å². The monoisotopic (exact) mass is 245 g/mol. The zero-order valence-corrected chi connectivity index (χ0v) is 9.50. The predicted molar refractivity (Wildman–Crippen MR) is 59.5 cm³/mol. The summed E-state index contributed by atoms with van der Waals surface area (Å²) in [7, 11) is 0. The normalized spacial score (nSPS) is 13.4. The number of hydrogen-bond acceptors (Lipinski definition) is 2. The van der Waals surface area contributed by atoms with E-state index in [0.29, 0.717) is 12.0 Å². The predicted octanol–water partition coefficient (Wildman–Crippen LogP) is 4.70. The summed E-state index contributed by atoms with van der Waals surface area (Å²) >= 11 is 0. The minimum Gasteiger partial charge on any atom is -0.166 e. The second kappa shape index (κ2) is 5.80. The molecule has 5 heteroatoms. The van der Waals surface area contributed by atoms with Gasteiger partial charge in [0.05, 0.1) is 5.56 Å². The Bertz CT molecular complexity index is 376. The molecule has 0 heterocycles. The average molecular weight is 245 g/mol. The van der Waals surface area contributed by atoms with E-state index in [1.807, 2.05) is 6.92 Å². The molecule has 0 aromatic heterocycles. The van der Waals surface area contributed by atoms with E-state index in [9.17, 15) is 18.1 Å². The molecule has 0 fully saturated rings. The summed E-state index contributed by atoms with van der Waals surface area (Å²) in [5.41, 5.74) is -0.400. The number of nitrogens with zero attached hydrogens (tertiary/aromatic N) is 1. The van der Waals surface area contributed by atoms with Gasteiger partial charge in [0.25, 0.3) is 0 Å². The van der Waals surface area contributed by atoms with Gasteiger partial charge in [-0.05, 0) is 24.1 Å². The fourth-order valence-electron chi connectivity index (χ4n) is 1.60. The van der Waals surface area contributed by atoms with Gasteiger partial charge in [-0.1, -0.05) is 37.1 Å². The minimum atomic E-state index is -4.38. The van der Waals surface area contributed by atoms with Gasteiger partial charge in [-0.2, -0.15) is 18.1 Å². The highest BCUT2D eigenvalue weighted by Crippen LogP contribution is 2.32. The zero-order valence-electron chi connectivity index (χ0n) is 9.50. The van der Waals surface area contributed by atoms with Crippen molar-refractivity contribution in [3.63, 3.8) is 0 Å². The van der Waals surface area contributed by atoms with E-state index in [1.54, 1.807) is 0 Å². The molecule has 0 amide bonds. The Balaban J connectivity index is 2.93. The molecule has 0 saturated carbocycles. The molecule has 17 heavy (non-hydrogen) atoms. The van der Waals surface area contributed by atoms with Gasteiger partial charge in [0.1, 0.15) is 6.04 Å². The summed E-state index contributed by atoms with van der Waals surface area (Å²) < 4.78 is 37.4. The van der Waals surface area contributed by atoms with Gasteiger partial charge in [-0.15, -0.1) is 0 Å². The third-order valence-electron chi connectivity index (χ3n) is 2.56. The van der Waals surface area contributed by atoms with Crippen LogP contribution in [0.2, 0.25) is 0 Å². The molecule has 1 atom stereocenters. The SMILES string of the molecule is CCCCC(N=O)c1cccc(C(F)(F)F)c1. The van der Waals surface area contributed by atoms with Crippen LogP contribution >= 0.6 is 0 Å². The number of unbranched alkanes of at least 4 members (excludes halogenated alkanes) is 1. The molecule has 0 aliphatic heterocycles. The maximum absolute atomic E-state index is 12.5. The van der Waals surface area contributed by atoms with Crippen LogP contribution in [0.4, 0.5) is 13.2 Å². The molecule has 94 valence electrons. The first-order valence-corrected chi connectivity index (χ1v) is 5.48. The highest BCUT2D eigenvalue weighted by atomic mass is 19.4. The number of rotatable bonds is 5. The van der Waals surface area contributed by atoms with Crippen LogP contribution in [0, 0.1) is 4.91 Å². The summed E-state index contributed by atoms with van der Waals surface area (Å²) in [5.74, 6) is 0. The van der Waals surface area contributed by atoms with Crippen molar-refractivity contribution in [3.05, 3.63) is 40.3 Å². The van der Waals surface area contributed by atoms with Crippen molar-refractivity contribution in [1.29, 1.82) is 0 Å². The van der Waals surface area contributed by atoms with E-state index >= 15 is 0 Å². The highest BCUT2D eigenvalue weighted by molar-refractivity contribution is 5.28. The van der Waals surface area contributed by atoms with Gasteiger partial charge in [-0.3, -0.25) is 0 Å². The number of hydrogen-bond donors (Lipinski definition) is 0. The number of nitroso groups, excluding NO2 is 1. The standard InChI is InChI=1S/C12H14F3NO/c1-2-3-7-11(16-17)9-5-4-6-10(8-9)12(13,14)15/h4-6,8,11H,2-3,7H2,1H3. The Morgan fingerprint density at radius 3 is 2.59 bits per heavy atom. The number of benzene rings is 1. The smallest absolute Gasteiger partial charge is 0.166 e. The topological polar surface area (TPSA) is 29.4 Å². The fourth-order valence-corrected chi connectivity index (χ4v) is 1.60. The van der Waals surface area contributed by atoms with Gasteiger partial charge < -0.3 is 0 Å². The molecule has 0 saturated heterocycles. The minimum absolute atomic E-state index is 0.336. The summed E-state index contributed by atoms with van der Waals surface area (Å²) in [4.78, 5) is 10.6. The van der Waals surface area contributed by atoms with Gasteiger partial charge >= 0.3 is 6.18 Å². The molecule has 0 N–H and O–H groups in total. The molecule has 1 unspecified atom stereocenters. The quantitative estimate of drug-likeness (QED) is 0.691. The summed E-state index contributed by atoms with van der Waals surface area (Å²) in [6.45, 7) is 1.95. The molecule has 0 aliphatic carbocycles. The van der Waals surface area contributed by atoms with Crippen LogP contribution in [0.1, 0.15) is 43.4 Å². The van der Waals surface area contributed by atoms with Crippen LogP contribution in [-0.4, -0.2) is 0 Å². The van der Waals surface area contributed by atoms with Crippen molar-refractivity contribution < 1.29 is 13.2 Å². The Morgan fingerprint density at radius 2 is 2.06 bits per heavy atom. The molecule has 0 aliphatic rings. The fraction of sp³-hybridized carbons (Fsp3) is 0.500. The second-order valence-electron chi connectivity index (χ2n) is 3.89. The van der Waals surface area contributed by atoms with E-state index in [1.165, 1.54) is 12.1 Å². The van der Waals surface area contributed by atoms with Crippen molar-refractivity contribution in [3.8, 4) is 0 Å². The molecule has 1 rings (SSSR count). The first-order chi connectivity index (χ1) is 7.99. The summed E-state index contributed by atoms with van der Waals surface area (Å²) in [6, 6.07) is 4.13. The maximum atomic E-state index is 12.5. The van der Waals surface area contributed by atoms with Crippen molar-refractivity contribution in [2.75, 3.05) is 0 Å². The second-order valence-corrected chi connectivity index (χ2v) is 3.89. The molecule has 0 radical (unpaired) electrons. The van der Waals surface area contributed by atoms with Crippen LogP contribution in [0.25, 0.3) is 0 Å². The zero-order chi connectivity index (χ0) is 12.9. The van der Waals surface area contributed by atoms with E-state index in [4.69, 9.17) is 0 Å². The van der Waals surface area contributed by atoms with Crippen molar-refractivity contribution in [1.82, 2.24) is 0 Å². The Labute approximate surface area is 97.8 Å². The van der Waals surface area contributed by atoms with Gasteiger partial charge in [0.15, 0.2) is 0 Å². The first kappa shape index (κ1) is 13.7. The molecule has 2 nitrogen and oxygen atoms in total. The highest BCUT2D eigenvalue weighted by Gasteiger charge is 2.31. The third-order valence-corrected chi connectivity index (χ3v) is 2.56. The molecule has 0 bridgehead atoms. The number of halogens is 3.